The smallest absolute Gasteiger partial charge is 0.149 e. The molecule has 0 aliphatic heterocycles. The lowest BCUT2D eigenvalue weighted by atomic mass is 10.2. The van der Waals surface area contributed by atoms with Crippen molar-refractivity contribution in [3.63, 3.8) is 0 Å². The van der Waals surface area contributed by atoms with E-state index in [2.05, 4.69) is 10.2 Å². The van der Waals surface area contributed by atoms with Gasteiger partial charge in [0.2, 0.25) is 0 Å². The van der Waals surface area contributed by atoms with E-state index in [1.165, 1.54) is 0 Å². The molecular weight excluding hydrogens is 182 g/mol. The second-order valence-corrected chi connectivity index (χ2v) is 3.72. The van der Waals surface area contributed by atoms with Crippen molar-refractivity contribution < 1.29 is 0 Å². The first-order chi connectivity index (χ1) is 6.27. The number of hydrogen-bond donors (Lipinski definition) is 1. The minimum Gasteiger partial charge on any atom is -0.382 e. The van der Waals surface area contributed by atoms with E-state index < -0.39 is 0 Å². The quantitative estimate of drug-likeness (QED) is 0.751. The molecule has 66 valence electrons. The van der Waals surface area contributed by atoms with Gasteiger partial charge in [-0.15, -0.1) is 21.5 Å². The lowest BCUT2D eigenvalue weighted by Crippen LogP contribution is -1.97. The molecule has 0 atom stereocenters. The van der Waals surface area contributed by atoms with Crippen LogP contribution in [0.4, 0.5) is 5.82 Å². The largest absolute Gasteiger partial charge is 0.382 e. The molecule has 0 spiro atoms. The predicted octanol–water partition coefficient (Wildman–Crippen LogP) is 2.10. The van der Waals surface area contributed by atoms with Crippen molar-refractivity contribution >= 4 is 17.2 Å². The standard InChI is InChI=1S/C9H9N3S/c1-6-5-7(11-12-9(6)10)8-3-2-4-13-8/h2-5H,1H3,(H2,10,12). The van der Waals surface area contributed by atoms with Gasteiger partial charge < -0.3 is 5.73 Å². The third-order valence-corrected chi connectivity index (χ3v) is 2.69. The summed E-state index contributed by atoms with van der Waals surface area (Å²) < 4.78 is 0. The molecule has 0 bridgehead atoms. The fourth-order valence-corrected chi connectivity index (χ4v) is 1.72. The number of nitrogen functional groups attached to an aromatic ring is 1. The zero-order valence-corrected chi connectivity index (χ0v) is 8.01. The summed E-state index contributed by atoms with van der Waals surface area (Å²) in [4.78, 5) is 1.12. The number of thiophene rings is 1. The molecule has 0 amide bonds. The van der Waals surface area contributed by atoms with E-state index in [9.17, 15) is 0 Å². The van der Waals surface area contributed by atoms with Crippen molar-refractivity contribution in [3.05, 3.63) is 29.1 Å². The molecule has 0 aliphatic rings. The van der Waals surface area contributed by atoms with Crippen molar-refractivity contribution in [1.29, 1.82) is 0 Å². The summed E-state index contributed by atoms with van der Waals surface area (Å²) in [5.74, 6) is 0.500. The predicted molar refractivity (Wildman–Crippen MR) is 54.5 cm³/mol. The Labute approximate surface area is 80.2 Å². The highest BCUT2D eigenvalue weighted by Gasteiger charge is 2.02. The molecule has 2 heterocycles. The second-order valence-electron chi connectivity index (χ2n) is 2.78. The summed E-state index contributed by atoms with van der Waals surface area (Å²) in [7, 11) is 0. The van der Waals surface area contributed by atoms with E-state index >= 15 is 0 Å². The van der Waals surface area contributed by atoms with Gasteiger partial charge in [-0.2, -0.15) is 0 Å². The molecule has 0 radical (unpaired) electrons. The molecule has 4 heteroatoms. The first-order valence-electron chi connectivity index (χ1n) is 3.91. The van der Waals surface area contributed by atoms with E-state index in [0.29, 0.717) is 5.82 Å². The first-order valence-corrected chi connectivity index (χ1v) is 4.79. The number of aromatic nitrogens is 2. The molecule has 2 rings (SSSR count). The molecule has 0 unspecified atom stereocenters. The van der Waals surface area contributed by atoms with Crippen LogP contribution in [0, 0.1) is 6.92 Å². The van der Waals surface area contributed by atoms with E-state index in [1.54, 1.807) is 11.3 Å². The van der Waals surface area contributed by atoms with Gasteiger partial charge in [0.05, 0.1) is 4.88 Å². The molecule has 13 heavy (non-hydrogen) atoms. The van der Waals surface area contributed by atoms with Crippen LogP contribution in [0.2, 0.25) is 0 Å². The van der Waals surface area contributed by atoms with Crippen molar-refractivity contribution in [2.45, 2.75) is 6.92 Å². The van der Waals surface area contributed by atoms with Crippen molar-refractivity contribution in [3.8, 4) is 10.6 Å². The topological polar surface area (TPSA) is 51.8 Å². The molecule has 0 fully saturated rings. The maximum absolute atomic E-state index is 5.57. The highest BCUT2D eigenvalue weighted by molar-refractivity contribution is 7.13. The third-order valence-electron chi connectivity index (χ3n) is 1.80. The minimum atomic E-state index is 0.500. The van der Waals surface area contributed by atoms with E-state index in [-0.39, 0.29) is 0 Å². The summed E-state index contributed by atoms with van der Waals surface area (Å²) >= 11 is 1.65. The molecule has 0 saturated heterocycles. The van der Waals surface area contributed by atoms with Crippen LogP contribution >= 0.6 is 11.3 Å². The van der Waals surface area contributed by atoms with Crippen LogP contribution in [0.3, 0.4) is 0 Å². The van der Waals surface area contributed by atoms with Crippen LogP contribution in [0.5, 0.6) is 0 Å². The van der Waals surface area contributed by atoms with Gasteiger partial charge in [0.15, 0.2) is 0 Å². The maximum atomic E-state index is 5.57. The Hall–Kier alpha value is -1.42. The molecule has 0 saturated carbocycles. The SMILES string of the molecule is Cc1cc(-c2cccs2)nnc1N. The van der Waals surface area contributed by atoms with Gasteiger partial charge in [0.25, 0.3) is 0 Å². The van der Waals surface area contributed by atoms with Crippen LogP contribution in [0.1, 0.15) is 5.56 Å². The zero-order valence-electron chi connectivity index (χ0n) is 7.19. The van der Waals surface area contributed by atoms with Gasteiger partial charge in [-0.05, 0) is 30.0 Å². The van der Waals surface area contributed by atoms with Gasteiger partial charge in [-0.25, -0.2) is 0 Å². The monoisotopic (exact) mass is 191 g/mol. The molecular formula is C9H9N3S. The van der Waals surface area contributed by atoms with E-state index in [4.69, 9.17) is 5.73 Å². The van der Waals surface area contributed by atoms with Crippen LogP contribution < -0.4 is 5.73 Å². The van der Waals surface area contributed by atoms with Gasteiger partial charge in [0.1, 0.15) is 11.5 Å². The number of anilines is 1. The minimum absolute atomic E-state index is 0.500. The Morgan fingerprint density at radius 2 is 2.23 bits per heavy atom. The van der Waals surface area contributed by atoms with Gasteiger partial charge in [-0.1, -0.05) is 6.07 Å². The highest BCUT2D eigenvalue weighted by Crippen LogP contribution is 2.23. The fraction of sp³-hybridized carbons (Fsp3) is 0.111. The number of nitrogens with two attached hydrogens (primary N) is 1. The van der Waals surface area contributed by atoms with E-state index in [0.717, 1.165) is 16.1 Å². The maximum Gasteiger partial charge on any atom is 0.149 e. The van der Waals surface area contributed by atoms with Crippen LogP contribution in [-0.2, 0) is 0 Å². The average molecular weight is 191 g/mol. The van der Waals surface area contributed by atoms with Crippen LogP contribution in [-0.4, -0.2) is 10.2 Å². The highest BCUT2D eigenvalue weighted by atomic mass is 32.1. The Morgan fingerprint density at radius 1 is 1.38 bits per heavy atom. The number of hydrogen-bond acceptors (Lipinski definition) is 4. The lowest BCUT2D eigenvalue weighted by molar-refractivity contribution is 1.04. The summed E-state index contributed by atoms with van der Waals surface area (Å²) in [6.07, 6.45) is 0. The Bertz CT molecular complexity index is 409. The average Bonchev–Trinajstić information content (AvgIpc) is 2.62. The second kappa shape index (κ2) is 3.14. The van der Waals surface area contributed by atoms with Crippen molar-refractivity contribution in [2.24, 2.45) is 0 Å². The van der Waals surface area contributed by atoms with E-state index in [1.807, 2.05) is 30.5 Å². The van der Waals surface area contributed by atoms with Gasteiger partial charge in [0, 0.05) is 0 Å². The molecule has 2 aromatic rings. The summed E-state index contributed by atoms with van der Waals surface area (Å²) in [6, 6.07) is 5.96. The molecule has 0 aliphatic carbocycles. The fourth-order valence-electron chi connectivity index (χ4n) is 1.04. The Balaban J connectivity index is 2.49. The Morgan fingerprint density at radius 3 is 2.85 bits per heavy atom. The van der Waals surface area contributed by atoms with Gasteiger partial charge >= 0.3 is 0 Å². The number of aryl methyl sites for hydroxylation is 1. The summed E-state index contributed by atoms with van der Waals surface area (Å²) in [5, 5.41) is 9.90. The molecule has 3 nitrogen and oxygen atoms in total. The van der Waals surface area contributed by atoms with Crippen molar-refractivity contribution in [2.75, 3.05) is 5.73 Å². The third kappa shape index (κ3) is 1.53. The van der Waals surface area contributed by atoms with Gasteiger partial charge in [-0.3, -0.25) is 0 Å². The molecule has 0 aromatic carbocycles. The summed E-state index contributed by atoms with van der Waals surface area (Å²) in [6.45, 7) is 1.93. The first kappa shape index (κ1) is 8.19. The molecule has 2 N–H and O–H groups in total. The number of nitrogens with zero attached hydrogens (tertiary/aromatic N) is 2. The number of rotatable bonds is 1. The van der Waals surface area contributed by atoms with Crippen LogP contribution in [0.15, 0.2) is 23.6 Å². The normalized spacial score (nSPS) is 10.2. The van der Waals surface area contributed by atoms with Crippen LogP contribution in [0.25, 0.3) is 10.6 Å². The van der Waals surface area contributed by atoms with Crippen molar-refractivity contribution in [1.82, 2.24) is 10.2 Å². The Kier molecular flexibility index (Phi) is 1.98. The zero-order chi connectivity index (χ0) is 9.26. The molecule has 2 aromatic heterocycles. The lowest BCUT2D eigenvalue weighted by Gasteiger charge is -1.99. The summed E-state index contributed by atoms with van der Waals surface area (Å²) in [5.41, 5.74) is 7.43.